The Labute approximate surface area is 264 Å². The Morgan fingerprint density at radius 2 is 1.21 bits per heavy atom. The largest absolute Gasteiger partial charge is 0.494 e. The lowest BCUT2D eigenvalue weighted by molar-refractivity contribution is -0.137. The highest BCUT2D eigenvalue weighted by Gasteiger charge is 2.26. The lowest BCUT2D eigenvalue weighted by atomic mass is 10.1. The molecule has 0 saturated heterocycles. The Bertz CT molecular complexity index is 1150. The van der Waals surface area contributed by atoms with Crippen LogP contribution in [-0.4, -0.2) is 71.4 Å². The van der Waals surface area contributed by atoms with E-state index >= 15 is 0 Å². The van der Waals surface area contributed by atoms with E-state index in [4.69, 9.17) is 25.4 Å². The molecule has 0 heterocycles. The summed E-state index contributed by atoms with van der Waals surface area (Å²) in [5, 5.41) is 7.46. The summed E-state index contributed by atoms with van der Waals surface area (Å²) in [6.45, 7) is 16.7. The van der Waals surface area contributed by atoms with E-state index in [1.54, 1.807) is 40.1 Å². The van der Waals surface area contributed by atoms with Crippen LogP contribution in [0.3, 0.4) is 0 Å². The zero-order valence-corrected chi connectivity index (χ0v) is 27.8. The number of hydrogen-bond acceptors (Lipinski definition) is 6. The number of nitrogens with zero attached hydrogens (tertiary/aromatic N) is 2. The molecule has 0 aliphatic carbocycles. The zero-order valence-electron chi connectivity index (χ0n) is 27.0. The molecule has 0 fully saturated rings. The average molecular weight is 619 g/mol. The topological polar surface area (TPSA) is 118 Å². The van der Waals surface area contributed by atoms with Gasteiger partial charge in [0, 0.05) is 35.8 Å². The lowest BCUT2D eigenvalue weighted by Gasteiger charge is -2.32. The van der Waals surface area contributed by atoms with Gasteiger partial charge in [-0.05, 0) is 111 Å². The number of hydrogen-bond donors (Lipinski definition) is 2. The third kappa shape index (κ3) is 11.6. The van der Waals surface area contributed by atoms with E-state index in [9.17, 15) is 9.59 Å². The second kappa shape index (κ2) is 18.3. The monoisotopic (exact) mass is 618 g/mol. The number of nitrogen functional groups attached to an aromatic ring is 1. The van der Waals surface area contributed by atoms with Crippen LogP contribution in [-0.2, 0) is 4.79 Å². The number of benzene rings is 2. The minimum absolute atomic E-state index is 0. The van der Waals surface area contributed by atoms with Gasteiger partial charge < -0.3 is 29.7 Å². The quantitative estimate of drug-likeness (QED) is 0.122. The summed E-state index contributed by atoms with van der Waals surface area (Å²) in [5.41, 5.74) is 6.56. The van der Waals surface area contributed by atoms with Gasteiger partial charge in [-0.3, -0.25) is 15.0 Å². The van der Waals surface area contributed by atoms with Crippen molar-refractivity contribution in [3.63, 3.8) is 0 Å². The van der Waals surface area contributed by atoms with Gasteiger partial charge in [0.15, 0.2) is 6.61 Å². The molecule has 0 radical (unpaired) electrons. The van der Waals surface area contributed by atoms with Gasteiger partial charge in [0.05, 0.1) is 18.8 Å². The van der Waals surface area contributed by atoms with Gasteiger partial charge in [-0.2, -0.15) is 0 Å². The highest BCUT2D eigenvalue weighted by molar-refractivity contribution is 5.97. The van der Waals surface area contributed by atoms with Gasteiger partial charge in [0.2, 0.25) is 0 Å². The number of unbranched alkanes of at least 4 members (excludes halogenated alkanes) is 2. The molecule has 2 aromatic rings. The van der Waals surface area contributed by atoms with Crippen LogP contribution in [0.4, 0.5) is 0 Å². The van der Waals surface area contributed by atoms with E-state index in [0.717, 1.165) is 25.0 Å². The fourth-order valence-electron chi connectivity index (χ4n) is 4.97. The molecule has 0 spiro atoms. The van der Waals surface area contributed by atoms with Gasteiger partial charge in [-0.15, -0.1) is 12.4 Å². The number of carbonyl (C=O) groups is 2. The third-order valence-electron chi connectivity index (χ3n) is 6.77. The van der Waals surface area contributed by atoms with E-state index in [1.807, 2.05) is 67.5 Å². The van der Waals surface area contributed by atoms with E-state index in [2.05, 4.69) is 0 Å². The maximum absolute atomic E-state index is 13.5. The summed E-state index contributed by atoms with van der Waals surface area (Å²) in [5.74, 6) is 1.43. The van der Waals surface area contributed by atoms with Gasteiger partial charge in [-0.25, -0.2) is 0 Å². The van der Waals surface area contributed by atoms with Crippen LogP contribution in [0.25, 0.3) is 0 Å². The smallest absolute Gasteiger partial charge is 0.260 e. The van der Waals surface area contributed by atoms with Crippen LogP contribution in [0.1, 0.15) is 90.6 Å². The second-order valence-corrected chi connectivity index (χ2v) is 11.5. The molecule has 0 atom stereocenters. The Kier molecular flexibility index (Phi) is 16.0. The highest BCUT2D eigenvalue weighted by Crippen LogP contribution is 2.28. The van der Waals surface area contributed by atoms with Crippen molar-refractivity contribution in [2.75, 3.05) is 19.8 Å². The number of nitrogens with one attached hydrogen (secondary N) is 1. The first-order valence-electron chi connectivity index (χ1n) is 14.9. The molecule has 0 unspecified atom stereocenters. The Balaban J connectivity index is 0.00000924. The summed E-state index contributed by atoms with van der Waals surface area (Å²) >= 11 is 0. The van der Waals surface area contributed by atoms with Crippen LogP contribution in [0.5, 0.6) is 17.2 Å². The van der Waals surface area contributed by atoms with Crippen molar-refractivity contribution in [2.24, 2.45) is 5.73 Å². The summed E-state index contributed by atoms with van der Waals surface area (Å²) in [6, 6.07) is 12.5. The minimum Gasteiger partial charge on any atom is -0.494 e. The van der Waals surface area contributed by atoms with Crippen molar-refractivity contribution in [1.29, 1.82) is 5.41 Å². The number of nitrogens with two attached hydrogens (primary N) is 1. The second-order valence-electron chi connectivity index (χ2n) is 11.5. The molecule has 10 heteroatoms. The Morgan fingerprint density at radius 1 is 0.721 bits per heavy atom. The molecule has 9 nitrogen and oxygen atoms in total. The Hall–Kier alpha value is -3.46. The van der Waals surface area contributed by atoms with Crippen molar-refractivity contribution in [1.82, 2.24) is 9.80 Å². The van der Waals surface area contributed by atoms with Crippen LogP contribution >= 0.6 is 12.4 Å². The standard InChI is InChI=1S/C33H50N4O5.ClH/c1-22(2)36(23(3)4)31(38)21-42-30-20-28(16-17-29(30)33(39)37(24(5)6)25(7)8)41-19-11-9-10-18-40-27-14-12-26(13-15-27)32(34)35;/h12-17,20,22-25H,9-11,18-19,21H2,1-8H3,(H3,34,35);1H. The first-order valence-corrected chi connectivity index (χ1v) is 14.9. The molecule has 3 N–H and O–H groups in total. The first-order chi connectivity index (χ1) is 19.8. The molecule has 0 aliphatic rings. The molecule has 2 aromatic carbocycles. The van der Waals surface area contributed by atoms with E-state index < -0.39 is 0 Å². The van der Waals surface area contributed by atoms with Gasteiger partial charge in [-0.1, -0.05) is 0 Å². The molecular formula is C33H51ClN4O5. The number of ether oxygens (including phenoxy) is 3. The fourth-order valence-corrected chi connectivity index (χ4v) is 4.97. The average Bonchev–Trinajstić information content (AvgIpc) is 2.90. The van der Waals surface area contributed by atoms with Crippen molar-refractivity contribution in [2.45, 2.75) is 98.8 Å². The predicted octanol–water partition coefficient (Wildman–Crippen LogP) is 6.30. The minimum atomic E-state index is -0.166. The SMILES string of the molecule is CC(C)N(C(=O)COc1cc(OCCCCCOc2ccc(C(=N)N)cc2)ccc1C(=O)N(C(C)C)C(C)C)C(C)C.Cl. The van der Waals surface area contributed by atoms with E-state index in [0.29, 0.717) is 35.8 Å². The molecular weight excluding hydrogens is 568 g/mol. The molecule has 2 rings (SSSR count). The number of carbonyl (C=O) groups excluding carboxylic acids is 2. The Morgan fingerprint density at radius 3 is 1.70 bits per heavy atom. The maximum atomic E-state index is 13.5. The third-order valence-corrected chi connectivity index (χ3v) is 6.77. The fraction of sp³-hybridized carbons (Fsp3) is 0.545. The van der Waals surface area contributed by atoms with Gasteiger partial charge in [0.1, 0.15) is 23.1 Å². The number of halogens is 1. The van der Waals surface area contributed by atoms with E-state index in [-0.39, 0.29) is 60.8 Å². The van der Waals surface area contributed by atoms with Crippen molar-refractivity contribution < 1.29 is 23.8 Å². The van der Waals surface area contributed by atoms with Crippen LogP contribution in [0, 0.1) is 5.41 Å². The van der Waals surface area contributed by atoms with Gasteiger partial charge in [0.25, 0.3) is 11.8 Å². The van der Waals surface area contributed by atoms with Gasteiger partial charge >= 0.3 is 0 Å². The summed E-state index contributed by atoms with van der Waals surface area (Å²) in [6.07, 6.45) is 2.61. The number of amidine groups is 1. The maximum Gasteiger partial charge on any atom is 0.260 e. The van der Waals surface area contributed by atoms with Crippen LogP contribution in [0.2, 0.25) is 0 Å². The predicted molar refractivity (Wildman–Crippen MR) is 175 cm³/mol. The summed E-state index contributed by atoms with van der Waals surface area (Å²) < 4.78 is 17.8. The molecule has 0 aromatic heterocycles. The van der Waals surface area contributed by atoms with Crippen LogP contribution in [0.15, 0.2) is 42.5 Å². The number of amides is 2. The van der Waals surface area contributed by atoms with Crippen molar-refractivity contribution >= 4 is 30.1 Å². The number of rotatable bonds is 17. The highest BCUT2D eigenvalue weighted by atomic mass is 35.5. The normalized spacial score (nSPS) is 11.0. The van der Waals surface area contributed by atoms with Crippen LogP contribution < -0.4 is 19.9 Å². The molecule has 2 amide bonds. The molecule has 0 bridgehead atoms. The lowest BCUT2D eigenvalue weighted by Crippen LogP contribution is -2.44. The summed E-state index contributed by atoms with van der Waals surface area (Å²) in [7, 11) is 0. The molecule has 0 aliphatic heterocycles. The van der Waals surface area contributed by atoms with Crippen molar-refractivity contribution in [3.05, 3.63) is 53.6 Å². The molecule has 240 valence electrons. The first kappa shape index (κ1) is 37.6. The van der Waals surface area contributed by atoms with Crippen molar-refractivity contribution in [3.8, 4) is 17.2 Å². The molecule has 43 heavy (non-hydrogen) atoms. The zero-order chi connectivity index (χ0) is 31.4. The van der Waals surface area contributed by atoms with E-state index in [1.165, 1.54) is 0 Å². The molecule has 0 saturated carbocycles. The summed E-state index contributed by atoms with van der Waals surface area (Å²) in [4.78, 5) is 30.1.